The lowest BCUT2D eigenvalue weighted by molar-refractivity contribution is -0.161. The largest absolute Gasteiger partial charge is 0.472 e. The molecule has 103 heavy (non-hydrogen) atoms. The maximum atomic E-state index is 13.1. The third-order valence-electron chi connectivity index (χ3n) is 20.0. The highest BCUT2D eigenvalue weighted by Crippen LogP contribution is 2.45. The minimum atomic E-state index is -4.96. The molecule has 0 aromatic heterocycles. The number of carbonyl (C=O) groups is 4. The van der Waals surface area contributed by atoms with Gasteiger partial charge >= 0.3 is 39.5 Å². The third kappa shape index (κ3) is 76.6. The second-order valence-corrected chi connectivity index (χ2v) is 34.3. The Morgan fingerprint density at radius 2 is 0.495 bits per heavy atom. The standard InChI is InChI=1S/C84H164O17P2/c1-8-10-11-12-13-14-15-16-17-18-19-20-21-22-23-24-29-32-37-46-53-60-67-83(88)100-79(71-94-81(86)65-58-51-44-36-31-28-26-25-27-30-35-43-50-57-64-77(7)9-2)73-98-102(90,91)96-69-78(85)70-97-103(92,93)99-74-80(72-95-82(87)66-59-52-45-40-39-42-49-56-63-76(5)6)101-84(89)68-61-54-47-38-33-34-41-48-55-62-75(3)4/h75-80,85H,8-74H2,1-7H3,(H,90,91)(H,92,93)/t77?,78-,79-,80-/m1/s1. The Balaban J connectivity index is 5.22. The zero-order chi connectivity index (χ0) is 75.8. The number of ether oxygens (including phenoxy) is 4. The van der Waals surface area contributed by atoms with Crippen LogP contribution in [0.15, 0.2) is 0 Å². The molecule has 0 saturated heterocycles. The number of esters is 4. The number of rotatable bonds is 82. The van der Waals surface area contributed by atoms with Crippen LogP contribution in [0.1, 0.15) is 440 Å². The fourth-order valence-corrected chi connectivity index (χ4v) is 14.6. The zero-order valence-electron chi connectivity index (χ0n) is 67.8. The third-order valence-corrected chi connectivity index (χ3v) is 21.9. The highest BCUT2D eigenvalue weighted by Gasteiger charge is 2.30. The van der Waals surface area contributed by atoms with Crippen molar-refractivity contribution >= 4 is 39.5 Å². The van der Waals surface area contributed by atoms with E-state index in [0.717, 1.165) is 108 Å². The van der Waals surface area contributed by atoms with Crippen LogP contribution in [0, 0.1) is 17.8 Å². The molecular formula is C84H164O17P2. The molecule has 3 unspecified atom stereocenters. The SMILES string of the molecule is CCCCCCCCCCCCCCCCCCCCCCCCC(=O)O[C@H](COC(=O)CCCCCCCCCCCCCCCCC(C)CC)COP(=O)(O)OC[C@@H](O)COP(=O)(O)OC[C@@H](COC(=O)CCCCCCCCCCC(C)C)OC(=O)CCCCCCCCCCCC(C)C. The molecule has 0 radical (unpaired) electrons. The molecule has 19 heteroatoms. The lowest BCUT2D eigenvalue weighted by atomic mass is 9.99. The van der Waals surface area contributed by atoms with Crippen molar-refractivity contribution in [2.24, 2.45) is 17.8 Å². The van der Waals surface area contributed by atoms with Gasteiger partial charge in [-0.1, -0.05) is 389 Å². The molecule has 0 heterocycles. The molecule has 6 atom stereocenters. The molecule has 0 amide bonds. The van der Waals surface area contributed by atoms with Gasteiger partial charge in [0.05, 0.1) is 26.4 Å². The molecule has 0 aliphatic heterocycles. The Labute approximate surface area is 632 Å². The predicted octanol–water partition coefficient (Wildman–Crippen LogP) is 25.3. The Hall–Kier alpha value is -1.94. The fourth-order valence-electron chi connectivity index (χ4n) is 13.0. The molecule has 0 bridgehead atoms. The van der Waals surface area contributed by atoms with Gasteiger partial charge in [-0.25, -0.2) is 9.13 Å². The molecule has 0 saturated carbocycles. The minimum Gasteiger partial charge on any atom is -0.462 e. The summed E-state index contributed by atoms with van der Waals surface area (Å²) in [6, 6.07) is 0. The molecule has 0 aromatic rings. The molecule has 0 spiro atoms. The molecular weight excluding hydrogens is 1340 g/mol. The summed E-state index contributed by atoms with van der Waals surface area (Å²) in [5.41, 5.74) is 0. The van der Waals surface area contributed by atoms with Gasteiger partial charge in [-0.3, -0.25) is 37.3 Å². The molecule has 0 aliphatic rings. The first-order valence-electron chi connectivity index (χ1n) is 43.4. The van der Waals surface area contributed by atoms with E-state index < -0.39 is 97.5 Å². The molecule has 17 nitrogen and oxygen atoms in total. The van der Waals surface area contributed by atoms with Gasteiger partial charge in [0, 0.05) is 25.7 Å². The number of aliphatic hydroxyl groups excluding tert-OH is 1. The number of unbranched alkanes of at least 4 members (excludes halogenated alkanes) is 49. The number of carbonyl (C=O) groups excluding carboxylic acids is 4. The Bertz CT molecular complexity index is 1990. The summed E-state index contributed by atoms with van der Waals surface area (Å²) in [6.07, 6.45) is 64.0. The van der Waals surface area contributed by atoms with Crippen LogP contribution < -0.4 is 0 Å². The topological polar surface area (TPSA) is 237 Å². The number of hydrogen-bond donors (Lipinski definition) is 3. The summed E-state index contributed by atoms with van der Waals surface area (Å²) in [6.45, 7) is 11.9. The van der Waals surface area contributed by atoms with Gasteiger partial charge in [0.15, 0.2) is 12.2 Å². The summed E-state index contributed by atoms with van der Waals surface area (Å²) in [7, 11) is -9.92. The van der Waals surface area contributed by atoms with Crippen molar-refractivity contribution in [3.63, 3.8) is 0 Å². The Morgan fingerprint density at radius 3 is 0.738 bits per heavy atom. The summed E-state index contributed by atoms with van der Waals surface area (Å²) >= 11 is 0. The van der Waals surface area contributed by atoms with Gasteiger partial charge in [-0.2, -0.15) is 0 Å². The van der Waals surface area contributed by atoms with Crippen molar-refractivity contribution in [3.05, 3.63) is 0 Å². The maximum Gasteiger partial charge on any atom is 0.472 e. The monoisotopic (exact) mass is 1510 g/mol. The Morgan fingerprint density at radius 1 is 0.282 bits per heavy atom. The van der Waals surface area contributed by atoms with E-state index in [1.807, 2.05) is 0 Å². The van der Waals surface area contributed by atoms with Crippen LogP contribution in [-0.4, -0.2) is 96.7 Å². The lowest BCUT2D eigenvalue weighted by Gasteiger charge is -2.21. The van der Waals surface area contributed by atoms with E-state index in [4.69, 9.17) is 37.0 Å². The van der Waals surface area contributed by atoms with Crippen molar-refractivity contribution in [1.82, 2.24) is 0 Å². The van der Waals surface area contributed by atoms with Crippen molar-refractivity contribution < 1.29 is 80.2 Å². The van der Waals surface area contributed by atoms with E-state index in [-0.39, 0.29) is 25.7 Å². The van der Waals surface area contributed by atoms with E-state index in [9.17, 15) is 43.2 Å². The molecule has 612 valence electrons. The summed E-state index contributed by atoms with van der Waals surface area (Å²) in [4.78, 5) is 73.1. The van der Waals surface area contributed by atoms with Crippen LogP contribution in [0.3, 0.4) is 0 Å². The molecule has 0 aliphatic carbocycles. The van der Waals surface area contributed by atoms with Crippen molar-refractivity contribution in [2.45, 2.75) is 458 Å². The van der Waals surface area contributed by atoms with Crippen LogP contribution in [0.5, 0.6) is 0 Å². The number of phosphoric ester groups is 2. The van der Waals surface area contributed by atoms with Crippen molar-refractivity contribution in [3.8, 4) is 0 Å². The zero-order valence-corrected chi connectivity index (χ0v) is 69.6. The second-order valence-electron chi connectivity index (χ2n) is 31.4. The van der Waals surface area contributed by atoms with Crippen LogP contribution in [0.2, 0.25) is 0 Å². The van der Waals surface area contributed by atoms with Gasteiger partial charge < -0.3 is 33.8 Å². The van der Waals surface area contributed by atoms with Crippen LogP contribution >= 0.6 is 15.6 Å². The molecule has 0 rings (SSSR count). The molecule has 3 N–H and O–H groups in total. The second kappa shape index (κ2) is 74.2. The van der Waals surface area contributed by atoms with E-state index in [1.165, 1.54) is 250 Å². The average molecular weight is 1510 g/mol. The van der Waals surface area contributed by atoms with E-state index in [0.29, 0.717) is 25.7 Å². The predicted molar refractivity (Wildman–Crippen MR) is 423 cm³/mol. The number of phosphoric acid groups is 2. The van der Waals surface area contributed by atoms with Crippen LogP contribution in [0.25, 0.3) is 0 Å². The van der Waals surface area contributed by atoms with Gasteiger partial charge in [-0.05, 0) is 43.4 Å². The average Bonchev–Trinajstić information content (AvgIpc) is 0.920. The molecule has 0 aromatic carbocycles. The first kappa shape index (κ1) is 101. The fraction of sp³-hybridized carbons (Fsp3) is 0.952. The normalized spacial score (nSPS) is 14.2. The van der Waals surface area contributed by atoms with Gasteiger partial charge in [0.1, 0.15) is 19.3 Å². The van der Waals surface area contributed by atoms with Gasteiger partial charge in [-0.15, -0.1) is 0 Å². The van der Waals surface area contributed by atoms with Crippen LogP contribution in [-0.2, 0) is 65.4 Å². The smallest absolute Gasteiger partial charge is 0.462 e. The summed E-state index contributed by atoms with van der Waals surface area (Å²) < 4.78 is 68.8. The van der Waals surface area contributed by atoms with Crippen LogP contribution in [0.4, 0.5) is 0 Å². The van der Waals surface area contributed by atoms with Gasteiger partial charge in [0.2, 0.25) is 0 Å². The van der Waals surface area contributed by atoms with Crippen molar-refractivity contribution in [1.29, 1.82) is 0 Å². The summed E-state index contributed by atoms with van der Waals surface area (Å²) in [5, 5.41) is 10.7. The molecule has 0 fully saturated rings. The quantitative estimate of drug-likeness (QED) is 0.0222. The maximum absolute atomic E-state index is 13.1. The highest BCUT2D eigenvalue weighted by molar-refractivity contribution is 7.47. The highest BCUT2D eigenvalue weighted by atomic mass is 31.2. The van der Waals surface area contributed by atoms with E-state index >= 15 is 0 Å². The Kier molecular flexibility index (Phi) is 72.8. The first-order chi connectivity index (χ1) is 49.8. The van der Waals surface area contributed by atoms with Gasteiger partial charge in [0.25, 0.3) is 0 Å². The first-order valence-corrected chi connectivity index (χ1v) is 46.4. The van der Waals surface area contributed by atoms with E-state index in [1.54, 1.807) is 0 Å². The lowest BCUT2D eigenvalue weighted by Crippen LogP contribution is -2.30. The van der Waals surface area contributed by atoms with E-state index in [2.05, 4.69) is 48.5 Å². The minimum absolute atomic E-state index is 0.105. The number of hydrogen-bond acceptors (Lipinski definition) is 15. The summed E-state index contributed by atoms with van der Waals surface area (Å²) in [5.74, 6) is 0.202. The number of aliphatic hydroxyl groups is 1. The van der Waals surface area contributed by atoms with Crippen molar-refractivity contribution in [2.75, 3.05) is 39.6 Å².